The van der Waals surface area contributed by atoms with Crippen LogP contribution < -0.4 is 35.2 Å². The SMILES string of the molecule is C1=C[CH]([Ti+2]([CH]2C=Cc3ccccc32)=[Si](c2ccccc2)c2ccccc2)c2ccccc21.[Cl-].[Cl-]. The predicted molar refractivity (Wildman–Crippen MR) is 134 cm³/mol. The van der Waals surface area contributed by atoms with Crippen molar-refractivity contribution in [2.24, 2.45) is 0 Å². The third-order valence-electron chi connectivity index (χ3n) is 6.68. The van der Waals surface area contributed by atoms with Crippen LogP contribution >= 0.6 is 0 Å². The molecule has 0 amide bonds. The minimum atomic E-state index is -1.84. The zero-order valence-electron chi connectivity index (χ0n) is 18.6. The van der Waals surface area contributed by atoms with Gasteiger partial charge in [-0.15, -0.1) is 0 Å². The average Bonchev–Trinajstić information content (AvgIpc) is 3.48. The van der Waals surface area contributed by atoms with Gasteiger partial charge in [-0.05, 0) is 0 Å². The summed E-state index contributed by atoms with van der Waals surface area (Å²) < 4.78 is 1.14. The van der Waals surface area contributed by atoms with E-state index in [9.17, 15) is 0 Å². The molecule has 0 saturated heterocycles. The Kier molecular flexibility index (Phi) is 8.14. The van der Waals surface area contributed by atoms with E-state index in [1.54, 1.807) is 21.5 Å². The van der Waals surface area contributed by atoms with Crippen molar-refractivity contribution in [2.45, 2.75) is 8.45 Å². The fourth-order valence-electron chi connectivity index (χ4n) is 5.26. The van der Waals surface area contributed by atoms with Gasteiger partial charge < -0.3 is 24.8 Å². The third kappa shape index (κ3) is 4.56. The van der Waals surface area contributed by atoms with E-state index in [0.717, 1.165) is 0 Å². The van der Waals surface area contributed by atoms with Crippen molar-refractivity contribution in [3.05, 3.63) is 144 Å². The predicted octanol–water partition coefficient (Wildman–Crippen LogP) is -0.0453. The largest absolute Gasteiger partial charge is 1.00 e. The number of allylic oxidation sites excluding steroid dienone is 2. The molecule has 0 aliphatic heterocycles. The quantitative estimate of drug-likeness (QED) is 0.325. The van der Waals surface area contributed by atoms with Crippen LogP contribution in [0.25, 0.3) is 12.2 Å². The Labute approximate surface area is 220 Å². The van der Waals surface area contributed by atoms with E-state index >= 15 is 0 Å². The van der Waals surface area contributed by atoms with Crippen LogP contribution in [0.5, 0.6) is 0 Å². The van der Waals surface area contributed by atoms with Crippen molar-refractivity contribution in [3.8, 4) is 0 Å². The Morgan fingerprint density at radius 3 is 1.29 bits per heavy atom. The van der Waals surface area contributed by atoms with Crippen LogP contribution in [0, 0.1) is 0 Å². The minimum absolute atomic E-state index is 0. The number of benzene rings is 4. The molecule has 2 atom stereocenters. The van der Waals surface area contributed by atoms with Gasteiger partial charge in [0.15, 0.2) is 0 Å². The van der Waals surface area contributed by atoms with Crippen LogP contribution in [0.1, 0.15) is 30.7 Å². The van der Waals surface area contributed by atoms with Gasteiger partial charge in [-0.25, -0.2) is 0 Å². The number of fused-ring (bicyclic) bond motifs is 2. The van der Waals surface area contributed by atoms with E-state index in [1.807, 2.05) is 0 Å². The van der Waals surface area contributed by atoms with Crippen LogP contribution in [-0.2, 0) is 16.6 Å². The molecule has 0 nitrogen and oxygen atoms in total. The van der Waals surface area contributed by atoms with E-state index in [1.165, 1.54) is 11.1 Å². The standard InChI is InChI=1S/C12H10Si.2C9H7.2ClH.Ti/c1-3-7-11(8-4-1)13-12-9-5-2-6-10-12;2*1-2-5-9-7-3-6-8(9)4-1;;;/h1-10H;2*1-7H;2*1H;/q;;;;;+2/p-2. The Bertz CT molecular complexity index is 1270. The number of hydrogen-bond acceptors (Lipinski definition) is 0. The Hall–Kier alpha value is -2.13. The molecular weight excluding hydrogens is 507 g/mol. The summed E-state index contributed by atoms with van der Waals surface area (Å²) in [6.45, 7) is 0. The molecule has 0 saturated carbocycles. The second-order valence-electron chi connectivity index (χ2n) is 8.49. The van der Waals surface area contributed by atoms with Gasteiger partial charge in [-0.3, -0.25) is 0 Å². The molecule has 2 aliphatic carbocycles. The van der Waals surface area contributed by atoms with Crippen LogP contribution in [-0.4, -0.2) is 6.19 Å². The van der Waals surface area contributed by atoms with Crippen molar-refractivity contribution in [3.63, 3.8) is 0 Å². The smallest absolute Gasteiger partial charge is 1.00 e. The van der Waals surface area contributed by atoms with Crippen LogP contribution in [0.4, 0.5) is 0 Å². The van der Waals surface area contributed by atoms with Crippen molar-refractivity contribution in [2.75, 3.05) is 0 Å². The summed E-state index contributed by atoms with van der Waals surface area (Å²) in [4.78, 5) is 0. The Balaban J connectivity index is 0.00000137. The minimum Gasteiger partial charge on any atom is -1.00 e. The fraction of sp³-hybridized carbons (Fsp3) is 0.0667. The monoisotopic (exact) mass is 530 g/mol. The molecule has 4 aromatic carbocycles. The van der Waals surface area contributed by atoms with Crippen molar-refractivity contribution in [1.82, 2.24) is 0 Å². The third-order valence-corrected chi connectivity index (χ3v) is 20.7. The number of hydrogen-bond donors (Lipinski definition) is 0. The molecule has 0 N–H and O–H groups in total. The van der Waals surface area contributed by atoms with Crippen molar-refractivity contribution in [1.29, 1.82) is 0 Å². The first-order chi connectivity index (χ1) is 15.9. The van der Waals surface area contributed by atoms with Gasteiger partial charge in [0.2, 0.25) is 0 Å². The summed E-state index contributed by atoms with van der Waals surface area (Å²) in [6.07, 6.45) is 8.93. The average molecular weight is 531 g/mol. The molecule has 166 valence electrons. The van der Waals surface area contributed by atoms with Gasteiger partial charge in [-0.1, -0.05) is 0 Å². The summed E-state index contributed by atoms with van der Waals surface area (Å²) in [5, 5.41) is 3.13. The first-order valence-corrected chi connectivity index (χ1v) is 16.9. The van der Waals surface area contributed by atoms with Gasteiger partial charge in [0.25, 0.3) is 0 Å². The summed E-state index contributed by atoms with van der Waals surface area (Å²) in [6, 6.07) is 41.0. The zero-order valence-corrected chi connectivity index (χ0v) is 22.7. The maximum absolute atomic E-state index is 2.55. The van der Waals surface area contributed by atoms with Crippen LogP contribution in [0.15, 0.2) is 121 Å². The van der Waals surface area contributed by atoms with Gasteiger partial charge in [-0.2, -0.15) is 0 Å². The fourth-order valence-corrected chi connectivity index (χ4v) is 21.0. The van der Waals surface area contributed by atoms with E-state index in [4.69, 9.17) is 0 Å². The van der Waals surface area contributed by atoms with Gasteiger partial charge >= 0.3 is 197 Å². The van der Waals surface area contributed by atoms with Gasteiger partial charge in [0.1, 0.15) is 0 Å². The van der Waals surface area contributed by atoms with E-state index in [2.05, 4.69) is 133 Å². The number of halogens is 2. The molecule has 4 heteroatoms. The molecule has 0 radical (unpaired) electrons. The van der Waals surface area contributed by atoms with E-state index in [-0.39, 0.29) is 24.8 Å². The Morgan fingerprint density at radius 1 is 0.471 bits per heavy atom. The zero-order chi connectivity index (χ0) is 21.3. The molecule has 0 aromatic heterocycles. The summed E-state index contributed by atoms with van der Waals surface area (Å²) in [5.74, 6) is 0. The molecule has 0 heterocycles. The van der Waals surface area contributed by atoms with Crippen LogP contribution in [0.3, 0.4) is 0 Å². The molecule has 2 aliphatic rings. The molecule has 2 unspecified atom stereocenters. The molecular formula is C30H24Cl2SiTi. The van der Waals surface area contributed by atoms with Crippen LogP contribution in [0.2, 0.25) is 0 Å². The number of rotatable bonds is 4. The molecule has 0 fully saturated rings. The molecule has 6 rings (SSSR count). The van der Waals surface area contributed by atoms with Gasteiger partial charge in [0, 0.05) is 0 Å². The second kappa shape index (κ2) is 11.1. The molecule has 0 bridgehead atoms. The summed E-state index contributed by atoms with van der Waals surface area (Å²) in [5.41, 5.74) is 5.93. The normalized spacial score (nSPS) is 16.4. The molecule has 4 aromatic rings. The van der Waals surface area contributed by atoms with E-state index in [0.29, 0.717) is 8.45 Å². The molecule has 0 spiro atoms. The topological polar surface area (TPSA) is 0 Å². The summed E-state index contributed by atoms with van der Waals surface area (Å²) in [7, 11) is 0. The second-order valence-corrected chi connectivity index (χ2v) is 18.5. The first kappa shape index (κ1) is 25.0. The van der Waals surface area contributed by atoms with Crippen molar-refractivity contribution >= 4 is 28.7 Å². The maximum atomic E-state index is 2.55. The maximum Gasteiger partial charge on any atom is -1.00 e. The first-order valence-electron chi connectivity index (χ1n) is 11.3. The van der Waals surface area contributed by atoms with Gasteiger partial charge in [0.05, 0.1) is 0 Å². The Morgan fingerprint density at radius 2 is 0.853 bits per heavy atom. The van der Waals surface area contributed by atoms with E-state index < -0.39 is 22.8 Å². The van der Waals surface area contributed by atoms with Crippen molar-refractivity contribution < 1.29 is 41.4 Å². The summed E-state index contributed by atoms with van der Waals surface area (Å²) >= 11 is -1.84. The molecule has 34 heavy (non-hydrogen) atoms.